The van der Waals surface area contributed by atoms with Crippen LogP contribution in [0.5, 0.6) is 5.75 Å². The molecular formula is C46H67N11O7SSi. The lowest BCUT2D eigenvalue weighted by molar-refractivity contribution is 0.0511. The molecule has 5 rings (SSSR count). The van der Waals surface area contributed by atoms with Crippen LogP contribution >= 0.6 is 11.3 Å². The molecule has 0 aliphatic heterocycles. The highest BCUT2D eigenvalue weighted by Gasteiger charge is 2.37. The number of carbonyl (C=O) groups excluding carboxylic acids is 4. The lowest BCUT2D eigenvalue weighted by atomic mass is 10.0. The quantitative estimate of drug-likeness (QED) is 0.0213. The zero-order valence-corrected chi connectivity index (χ0v) is 41.7. The number of hydrogen-bond donors (Lipinski definition) is 4. The first-order chi connectivity index (χ1) is 31.3. The van der Waals surface area contributed by atoms with Crippen molar-refractivity contribution in [2.75, 3.05) is 37.4 Å². The maximum Gasteiger partial charge on any atom is 0.356 e. The highest BCUT2D eigenvalue weighted by molar-refractivity contribution is 7.16. The number of nitrogen functional groups attached to an aromatic ring is 1. The molecule has 0 saturated carbocycles. The summed E-state index contributed by atoms with van der Waals surface area (Å²) in [6.45, 7) is 21.7. The van der Waals surface area contributed by atoms with Crippen molar-refractivity contribution in [3.8, 4) is 5.75 Å². The molecule has 66 heavy (non-hydrogen) atoms. The summed E-state index contributed by atoms with van der Waals surface area (Å²) in [4.78, 5) is 60.6. The number of hydrogen-bond acceptors (Lipinski definition) is 13. The summed E-state index contributed by atoms with van der Waals surface area (Å²) in [5.74, 6) is -1.61. The third-order valence-electron chi connectivity index (χ3n) is 11.8. The third kappa shape index (κ3) is 12.7. The number of anilines is 2. The number of carbonyl (C=O) groups is 4. The number of aromatic nitrogens is 6. The van der Waals surface area contributed by atoms with Crippen molar-refractivity contribution < 1.29 is 33.1 Å². The summed E-state index contributed by atoms with van der Waals surface area (Å²) in [5.41, 5.74) is 22.9. The average Bonchev–Trinajstić information content (AvgIpc) is 3.91. The van der Waals surface area contributed by atoms with Crippen molar-refractivity contribution in [3.63, 3.8) is 0 Å². The fourth-order valence-corrected chi connectivity index (χ4v) is 9.35. The Balaban J connectivity index is 1.29. The van der Waals surface area contributed by atoms with Gasteiger partial charge in [-0.25, -0.2) is 9.78 Å². The van der Waals surface area contributed by atoms with Crippen molar-refractivity contribution in [1.82, 2.24) is 29.1 Å². The summed E-state index contributed by atoms with van der Waals surface area (Å²) < 4.78 is 23.6. The van der Waals surface area contributed by atoms with E-state index >= 15 is 0 Å². The second kappa shape index (κ2) is 22.6. The molecule has 0 saturated heterocycles. The van der Waals surface area contributed by atoms with E-state index in [1.54, 1.807) is 34.5 Å². The SMILES string of the molecule is CCOC(=O)c1cc(C)nn1CCCCCc1c(C)nn(CC)c1C(=O)N=c1sc2cc(C(N)=O)cnc2n1CCCCNc1c(N)cc(C(N)=O)cc1OCCCO[Si](C)(C)C(C)(C)C. The largest absolute Gasteiger partial charge is 0.491 e. The fraction of sp³-hybridized carbons (Fsp3) is 0.522. The number of ether oxygens (including phenoxy) is 2. The minimum Gasteiger partial charge on any atom is -0.491 e. The Morgan fingerprint density at radius 3 is 2.29 bits per heavy atom. The molecule has 5 aromatic rings. The van der Waals surface area contributed by atoms with Gasteiger partial charge in [-0.3, -0.25) is 23.7 Å². The van der Waals surface area contributed by atoms with Crippen LogP contribution < -0.4 is 32.1 Å². The van der Waals surface area contributed by atoms with Crippen LogP contribution in [0, 0.1) is 13.8 Å². The van der Waals surface area contributed by atoms with Gasteiger partial charge in [0.15, 0.2) is 18.8 Å². The molecule has 3 amide bonds. The number of thiazole rings is 1. The van der Waals surface area contributed by atoms with Crippen molar-refractivity contribution in [3.05, 3.63) is 74.7 Å². The lowest BCUT2D eigenvalue weighted by Gasteiger charge is -2.36. The van der Waals surface area contributed by atoms with E-state index in [1.165, 1.54) is 23.6 Å². The average molecular weight is 946 g/mol. The summed E-state index contributed by atoms with van der Waals surface area (Å²) in [6.07, 6.45) is 6.40. The zero-order valence-electron chi connectivity index (χ0n) is 39.9. The number of nitrogens with two attached hydrogens (primary N) is 3. The van der Waals surface area contributed by atoms with Gasteiger partial charge in [0.2, 0.25) is 11.8 Å². The molecule has 0 spiro atoms. The van der Waals surface area contributed by atoms with Gasteiger partial charge in [0, 0.05) is 56.5 Å². The molecule has 0 radical (unpaired) electrons. The number of esters is 1. The topological polar surface area (TPSA) is 252 Å². The monoisotopic (exact) mass is 945 g/mol. The number of rotatable bonds is 24. The Morgan fingerprint density at radius 2 is 1.61 bits per heavy atom. The van der Waals surface area contributed by atoms with E-state index in [4.69, 9.17) is 36.2 Å². The Bertz CT molecular complexity index is 2600. The predicted molar refractivity (Wildman–Crippen MR) is 259 cm³/mol. The first-order valence-electron chi connectivity index (χ1n) is 22.7. The Hall–Kier alpha value is -5.86. The molecule has 1 aromatic carbocycles. The van der Waals surface area contributed by atoms with Gasteiger partial charge in [-0.2, -0.15) is 15.2 Å². The van der Waals surface area contributed by atoms with Crippen molar-refractivity contribution in [2.24, 2.45) is 16.5 Å². The van der Waals surface area contributed by atoms with E-state index in [1.807, 2.05) is 25.3 Å². The molecule has 20 heteroatoms. The standard InChI is InChI=1S/C46H67N11O7SSi/c1-10-56-39(33(30(4)54-56)18-13-12-15-21-57-35(24-29(3)53-57)44(61)62-11-2)43(60)52-45-55(42-37(65-45)27-32(28-51-42)41(49)59)20-16-14-19-50-38-34(47)25-31(40(48)58)26-36(38)63-22-17-23-64-66(8,9)46(5,6)7/h24-28,50H,10-23,47H2,1-9H3,(H2,48,58)(H2,49,59). The van der Waals surface area contributed by atoms with Crippen LogP contribution in [0.4, 0.5) is 11.4 Å². The number of unbranched alkanes of at least 4 members (excludes halogenated alkanes) is 3. The molecule has 4 heterocycles. The van der Waals surface area contributed by atoms with Gasteiger partial charge >= 0.3 is 5.97 Å². The minimum absolute atomic E-state index is 0.0935. The number of pyridine rings is 1. The second-order valence-electron chi connectivity index (χ2n) is 17.8. The first-order valence-corrected chi connectivity index (χ1v) is 26.4. The molecule has 18 nitrogen and oxygen atoms in total. The van der Waals surface area contributed by atoms with Crippen molar-refractivity contribution >= 4 is 65.1 Å². The second-order valence-corrected chi connectivity index (χ2v) is 23.6. The van der Waals surface area contributed by atoms with Gasteiger partial charge in [-0.1, -0.05) is 38.5 Å². The molecule has 358 valence electrons. The molecule has 0 unspecified atom stereocenters. The maximum atomic E-state index is 14.3. The molecule has 0 bridgehead atoms. The Kier molecular flexibility index (Phi) is 17.5. The molecule has 0 fully saturated rings. The number of fused-ring (bicyclic) bond motifs is 1. The summed E-state index contributed by atoms with van der Waals surface area (Å²) in [7, 11) is -1.91. The molecule has 0 atom stereocenters. The number of benzene rings is 1. The molecule has 0 aliphatic carbocycles. The number of aryl methyl sites for hydroxylation is 5. The summed E-state index contributed by atoms with van der Waals surface area (Å²) in [6, 6.07) is 6.54. The zero-order chi connectivity index (χ0) is 48.3. The maximum absolute atomic E-state index is 14.3. The normalized spacial score (nSPS) is 12.2. The van der Waals surface area contributed by atoms with E-state index in [-0.39, 0.29) is 28.7 Å². The van der Waals surface area contributed by atoms with Gasteiger partial charge in [-0.05, 0) is 102 Å². The van der Waals surface area contributed by atoms with E-state index in [0.717, 1.165) is 36.2 Å². The number of amides is 3. The van der Waals surface area contributed by atoms with Crippen LogP contribution in [-0.2, 0) is 35.2 Å². The van der Waals surface area contributed by atoms with E-state index in [2.05, 4.69) is 54.3 Å². The van der Waals surface area contributed by atoms with Crippen LogP contribution in [0.2, 0.25) is 18.1 Å². The van der Waals surface area contributed by atoms with E-state index in [9.17, 15) is 19.2 Å². The van der Waals surface area contributed by atoms with Gasteiger partial charge in [0.25, 0.3) is 5.91 Å². The highest BCUT2D eigenvalue weighted by Crippen LogP contribution is 2.37. The molecule has 7 N–H and O–H groups in total. The number of nitrogens with zero attached hydrogens (tertiary/aromatic N) is 7. The van der Waals surface area contributed by atoms with Gasteiger partial charge in [0.05, 0.1) is 40.6 Å². The smallest absolute Gasteiger partial charge is 0.356 e. The van der Waals surface area contributed by atoms with Crippen LogP contribution in [0.25, 0.3) is 10.3 Å². The van der Waals surface area contributed by atoms with Crippen LogP contribution in [-0.4, -0.2) is 87.5 Å². The molecule has 4 aromatic heterocycles. The lowest BCUT2D eigenvalue weighted by Crippen LogP contribution is -2.41. The van der Waals surface area contributed by atoms with Crippen LogP contribution in [0.3, 0.4) is 0 Å². The predicted octanol–water partition coefficient (Wildman–Crippen LogP) is 6.92. The van der Waals surface area contributed by atoms with Gasteiger partial charge in [-0.15, -0.1) is 0 Å². The summed E-state index contributed by atoms with van der Waals surface area (Å²) >= 11 is 1.26. The minimum atomic E-state index is -1.91. The third-order valence-corrected chi connectivity index (χ3v) is 17.3. The Morgan fingerprint density at radius 1 is 0.879 bits per heavy atom. The fourth-order valence-electron chi connectivity index (χ4n) is 7.21. The van der Waals surface area contributed by atoms with Gasteiger partial charge < -0.3 is 41.0 Å². The van der Waals surface area contributed by atoms with Crippen molar-refractivity contribution in [2.45, 2.75) is 131 Å². The number of primary amides is 2. The molecule has 0 aliphatic rings. The molecular weight excluding hydrogens is 879 g/mol. The van der Waals surface area contributed by atoms with Gasteiger partial charge in [0.1, 0.15) is 22.8 Å². The number of nitrogens with one attached hydrogen (secondary N) is 1. The van der Waals surface area contributed by atoms with E-state index in [0.29, 0.717) is 109 Å². The summed E-state index contributed by atoms with van der Waals surface area (Å²) in [5, 5.41) is 12.7. The van der Waals surface area contributed by atoms with Crippen LogP contribution in [0.15, 0.2) is 35.5 Å². The van der Waals surface area contributed by atoms with Crippen LogP contribution in [0.1, 0.15) is 132 Å². The first kappa shape index (κ1) is 51.1. The van der Waals surface area contributed by atoms with Crippen molar-refractivity contribution in [1.29, 1.82) is 0 Å². The highest BCUT2D eigenvalue weighted by atomic mass is 32.1. The Labute approximate surface area is 391 Å². The van der Waals surface area contributed by atoms with E-state index < -0.39 is 26.0 Å².